The number of ketones is 4. The zero-order valence-corrected chi connectivity index (χ0v) is 24.0. The van der Waals surface area contributed by atoms with Crippen molar-refractivity contribution in [3.8, 4) is 0 Å². The molecule has 1 aliphatic heterocycles. The standard InChI is InChI=1S/C34H28O9S/c35-25(21-13-5-1-6-14-21)26(36)30-32(40,27(37)22-15-7-2-8-16-22)34(42,29(39)24-19-11-4-12-20-24)33(41,31(44)43-30)28(38)23-17-9-3-10-18-23/h1-20,26,30-31,36,40-42,44H/t26?,30-,31+,32+,33+,34+/m1/s1. The lowest BCUT2D eigenvalue weighted by Crippen LogP contribution is -2.87. The fourth-order valence-corrected chi connectivity index (χ4v) is 5.99. The average molecular weight is 613 g/mol. The fourth-order valence-electron chi connectivity index (χ4n) is 5.56. The van der Waals surface area contributed by atoms with Crippen molar-refractivity contribution in [2.75, 3.05) is 0 Å². The maximum absolute atomic E-state index is 14.4. The number of aliphatic hydroxyl groups excluding tert-OH is 1. The van der Waals surface area contributed by atoms with Gasteiger partial charge in [-0.1, -0.05) is 121 Å². The van der Waals surface area contributed by atoms with Crippen LogP contribution in [0, 0.1) is 0 Å². The highest BCUT2D eigenvalue weighted by atomic mass is 32.1. The molecule has 4 N–H and O–H groups in total. The number of Topliss-reactive ketones (excluding diaryl/α,β-unsaturated/α-hetero) is 4. The van der Waals surface area contributed by atoms with E-state index in [9.17, 15) is 39.6 Å². The van der Waals surface area contributed by atoms with E-state index in [4.69, 9.17) is 4.74 Å². The number of hydrogen-bond donors (Lipinski definition) is 5. The predicted octanol–water partition coefficient (Wildman–Crippen LogP) is 2.73. The molecule has 9 nitrogen and oxygen atoms in total. The van der Waals surface area contributed by atoms with Crippen LogP contribution < -0.4 is 0 Å². The maximum Gasteiger partial charge on any atom is 0.206 e. The van der Waals surface area contributed by atoms with Gasteiger partial charge in [0.2, 0.25) is 28.6 Å². The first-order valence-electron chi connectivity index (χ1n) is 13.6. The highest BCUT2D eigenvalue weighted by Crippen LogP contribution is 2.51. The SMILES string of the molecule is O=C(c1ccccc1)C(O)[C@H]1O[C@@H](S)[C@@](O)(C(=O)c2ccccc2)[C@](O)(C(=O)c2ccccc2)[C@]1(O)C(=O)c1ccccc1. The van der Waals surface area contributed by atoms with Gasteiger partial charge in [-0.3, -0.25) is 19.2 Å². The maximum atomic E-state index is 14.4. The normalized spacial score (nSPS) is 27.2. The molecule has 6 atom stereocenters. The minimum absolute atomic E-state index is 0.0482. The van der Waals surface area contributed by atoms with Crippen molar-refractivity contribution in [3.63, 3.8) is 0 Å². The van der Waals surface area contributed by atoms with Gasteiger partial charge in [-0.2, -0.15) is 0 Å². The molecule has 0 spiro atoms. The Bertz CT molecular complexity index is 1680. The smallest absolute Gasteiger partial charge is 0.206 e. The molecule has 0 aliphatic carbocycles. The van der Waals surface area contributed by atoms with Crippen molar-refractivity contribution in [1.29, 1.82) is 0 Å². The molecule has 1 heterocycles. The first-order valence-corrected chi connectivity index (χ1v) is 14.1. The van der Waals surface area contributed by atoms with Crippen LogP contribution in [-0.4, -0.2) is 78.0 Å². The summed E-state index contributed by atoms with van der Waals surface area (Å²) in [4.78, 5) is 56.4. The minimum atomic E-state index is -3.78. The van der Waals surface area contributed by atoms with Crippen LogP contribution in [0.4, 0.5) is 0 Å². The third-order valence-electron chi connectivity index (χ3n) is 7.89. The second-order valence-corrected chi connectivity index (χ2v) is 10.9. The lowest BCUT2D eigenvalue weighted by molar-refractivity contribution is -0.292. The third-order valence-corrected chi connectivity index (χ3v) is 8.39. The molecule has 4 aromatic rings. The zero-order valence-electron chi connectivity index (χ0n) is 23.1. The van der Waals surface area contributed by atoms with E-state index in [1.54, 1.807) is 24.3 Å². The van der Waals surface area contributed by atoms with E-state index in [0.29, 0.717) is 0 Å². The minimum Gasteiger partial charge on any atom is -0.382 e. The highest BCUT2D eigenvalue weighted by Gasteiger charge is 2.80. The summed E-state index contributed by atoms with van der Waals surface area (Å²) < 4.78 is 5.73. The molecule has 0 radical (unpaired) electrons. The summed E-state index contributed by atoms with van der Waals surface area (Å²) in [5.41, 5.74) is -13.9. The number of hydrogen-bond acceptors (Lipinski definition) is 10. The number of rotatable bonds is 9. The molecule has 44 heavy (non-hydrogen) atoms. The summed E-state index contributed by atoms with van der Waals surface area (Å²) in [6.45, 7) is 0. The van der Waals surface area contributed by atoms with Crippen molar-refractivity contribution in [1.82, 2.24) is 0 Å². The number of ether oxygens (including phenoxy) is 1. The Morgan fingerprint density at radius 2 is 0.909 bits per heavy atom. The number of carbonyl (C=O) groups excluding carboxylic acids is 4. The van der Waals surface area contributed by atoms with Gasteiger partial charge < -0.3 is 25.2 Å². The molecule has 1 fully saturated rings. The van der Waals surface area contributed by atoms with E-state index in [2.05, 4.69) is 12.6 Å². The molecule has 224 valence electrons. The van der Waals surface area contributed by atoms with Crippen LogP contribution in [-0.2, 0) is 4.74 Å². The van der Waals surface area contributed by atoms with Crippen LogP contribution in [0.2, 0.25) is 0 Å². The number of aliphatic hydroxyl groups is 4. The first-order chi connectivity index (χ1) is 21.0. The molecule has 0 bridgehead atoms. The number of carbonyl (C=O) groups is 4. The topological polar surface area (TPSA) is 158 Å². The van der Waals surface area contributed by atoms with E-state index >= 15 is 0 Å². The fraction of sp³-hybridized carbons (Fsp3) is 0.176. The molecule has 0 saturated carbocycles. The van der Waals surface area contributed by atoms with Crippen molar-refractivity contribution in [2.45, 2.75) is 34.4 Å². The van der Waals surface area contributed by atoms with Crippen molar-refractivity contribution in [2.24, 2.45) is 0 Å². The van der Waals surface area contributed by atoms with Crippen LogP contribution in [0.25, 0.3) is 0 Å². The van der Waals surface area contributed by atoms with E-state index in [0.717, 1.165) is 0 Å². The van der Waals surface area contributed by atoms with E-state index in [1.807, 2.05) is 0 Å². The van der Waals surface area contributed by atoms with Gasteiger partial charge in [0.25, 0.3) is 0 Å². The second-order valence-electron chi connectivity index (χ2n) is 10.4. The molecule has 1 saturated heterocycles. The summed E-state index contributed by atoms with van der Waals surface area (Å²) >= 11 is 4.25. The Morgan fingerprint density at radius 1 is 0.568 bits per heavy atom. The Labute approximate surface area is 257 Å². The predicted molar refractivity (Wildman–Crippen MR) is 162 cm³/mol. The Morgan fingerprint density at radius 3 is 1.32 bits per heavy atom. The van der Waals surface area contributed by atoms with Gasteiger partial charge in [0.1, 0.15) is 17.6 Å². The van der Waals surface area contributed by atoms with Gasteiger partial charge in [-0.05, 0) is 0 Å². The summed E-state index contributed by atoms with van der Waals surface area (Å²) in [6, 6.07) is 28.2. The summed E-state index contributed by atoms with van der Waals surface area (Å²) in [5, 5.41) is 49.1. The second kappa shape index (κ2) is 12.0. The van der Waals surface area contributed by atoms with Gasteiger partial charge in [0, 0.05) is 22.3 Å². The first kappa shape index (κ1) is 31.1. The number of benzene rings is 4. The Hall–Kier alpha value is -4.29. The summed E-state index contributed by atoms with van der Waals surface area (Å²) in [7, 11) is 0. The molecule has 4 aromatic carbocycles. The summed E-state index contributed by atoms with van der Waals surface area (Å²) in [5.74, 6) is -5.21. The highest BCUT2D eigenvalue weighted by molar-refractivity contribution is 7.80. The zero-order chi connectivity index (χ0) is 31.7. The molecular formula is C34H28O9S. The van der Waals surface area contributed by atoms with E-state index in [-0.39, 0.29) is 22.3 Å². The van der Waals surface area contributed by atoms with Crippen molar-refractivity contribution in [3.05, 3.63) is 144 Å². The van der Waals surface area contributed by atoms with Gasteiger partial charge in [-0.15, -0.1) is 12.6 Å². The number of thiol groups is 1. The molecule has 1 aliphatic rings. The Balaban J connectivity index is 1.82. The van der Waals surface area contributed by atoms with Crippen LogP contribution >= 0.6 is 12.6 Å². The van der Waals surface area contributed by atoms with Gasteiger partial charge >= 0.3 is 0 Å². The monoisotopic (exact) mass is 612 g/mol. The van der Waals surface area contributed by atoms with Crippen molar-refractivity contribution < 1.29 is 44.3 Å². The molecule has 0 aromatic heterocycles. The van der Waals surface area contributed by atoms with E-state index < -0.39 is 57.6 Å². The quantitative estimate of drug-likeness (QED) is 0.142. The molecule has 10 heteroatoms. The van der Waals surface area contributed by atoms with Crippen LogP contribution in [0.1, 0.15) is 41.4 Å². The van der Waals surface area contributed by atoms with Gasteiger partial charge in [0.15, 0.2) is 11.4 Å². The largest absolute Gasteiger partial charge is 0.382 e. The van der Waals surface area contributed by atoms with Gasteiger partial charge in [-0.25, -0.2) is 0 Å². The third kappa shape index (κ3) is 4.72. The van der Waals surface area contributed by atoms with Crippen LogP contribution in [0.5, 0.6) is 0 Å². The molecular weight excluding hydrogens is 584 g/mol. The molecule has 5 rings (SSSR count). The van der Waals surface area contributed by atoms with Crippen LogP contribution in [0.3, 0.4) is 0 Å². The summed E-state index contributed by atoms with van der Waals surface area (Å²) in [6.07, 6.45) is -4.80. The molecule has 1 unspecified atom stereocenters. The van der Waals surface area contributed by atoms with E-state index in [1.165, 1.54) is 97.1 Å². The lowest BCUT2D eigenvalue weighted by atomic mass is 9.58. The van der Waals surface area contributed by atoms with Crippen molar-refractivity contribution >= 4 is 35.8 Å². The van der Waals surface area contributed by atoms with Crippen LogP contribution in [0.15, 0.2) is 121 Å². The average Bonchev–Trinajstić information content (AvgIpc) is 3.08. The Kier molecular flexibility index (Phi) is 8.50. The van der Waals surface area contributed by atoms with Gasteiger partial charge in [0.05, 0.1) is 0 Å². The lowest BCUT2D eigenvalue weighted by Gasteiger charge is -2.58. The molecule has 0 amide bonds.